The van der Waals surface area contributed by atoms with E-state index in [0.29, 0.717) is 6.54 Å². The van der Waals surface area contributed by atoms with Crippen LogP contribution in [0.15, 0.2) is 12.2 Å². The molecular weight excluding hydrogens is 102 g/mol. The first kappa shape index (κ1) is 5.79. The third-order valence-corrected chi connectivity index (χ3v) is 1.22. The number of hydrogen-bond donors (Lipinski definition) is 1. The van der Waals surface area contributed by atoms with Gasteiger partial charge in [0.15, 0.2) is 0 Å². The molecule has 2 heteroatoms. The Balaban J connectivity index is 2.34. The summed E-state index contributed by atoms with van der Waals surface area (Å²) in [5.74, 6) is 0. The Hall–Kier alpha value is -0.340. The number of ether oxygens (including phenoxy) is 1. The van der Waals surface area contributed by atoms with Crippen LogP contribution in [0, 0.1) is 0 Å². The molecule has 2 unspecified atom stereocenters. The summed E-state index contributed by atoms with van der Waals surface area (Å²) in [5.41, 5.74) is 5.32. The van der Waals surface area contributed by atoms with Gasteiger partial charge in [-0.15, -0.1) is 0 Å². The minimum atomic E-state index is 0.171. The highest BCUT2D eigenvalue weighted by Gasteiger charge is 2.11. The van der Waals surface area contributed by atoms with Crippen molar-refractivity contribution in [3.63, 3.8) is 0 Å². The van der Waals surface area contributed by atoms with Gasteiger partial charge in [0.1, 0.15) is 0 Å². The lowest BCUT2D eigenvalue weighted by Crippen LogP contribution is -2.19. The molecule has 1 aliphatic rings. The van der Waals surface area contributed by atoms with E-state index in [1.807, 2.05) is 19.1 Å². The Morgan fingerprint density at radius 3 is 2.62 bits per heavy atom. The van der Waals surface area contributed by atoms with Gasteiger partial charge in [0.05, 0.1) is 12.2 Å². The van der Waals surface area contributed by atoms with Gasteiger partial charge in [-0.25, -0.2) is 0 Å². The average Bonchev–Trinajstić information content (AvgIpc) is 2.14. The van der Waals surface area contributed by atoms with Crippen LogP contribution in [0.1, 0.15) is 6.92 Å². The molecular formula is C6H11NO. The second kappa shape index (κ2) is 2.29. The first-order valence-electron chi connectivity index (χ1n) is 2.87. The van der Waals surface area contributed by atoms with Crippen molar-refractivity contribution in [3.8, 4) is 0 Å². The van der Waals surface area contributed by atoms with E-state index in [0.717, 1.165) is 0 Å². The van der Waals surface area contributed by atoms with Crippen LogP contribution in [-0.4, -0.2) is 18.8 Å². The molecule has 0 radical (unpaired) electrons. The van der Waals surface area contributed by atoms with Crippen LogP contribution < -0.4 is 5.73 Å². The fourth-order valence-corrected chi connectivity index (χ4v) is 0.781. The maximum absolute atomic E-state index is 5.32. The van der Waals surface area contributed by atoms with E-state index < -0.39 is 0 Å². The lowest BCUT2D eigenvalue weighted by molar-refractivity contribution is 0.0769. The van der Waals surface area contributed by atoms with Crippen LogP contribution in [-0.2, 0) is 4.74 Å². The topological polar surface area (TPSA) is 35.2 Å². The van der Waals surface area contributed by atoms with E-state index in [1.165, 1.54) is 0 Å². The van der Waals surface area contributed by atoms with E-state index in [-0.39, 0.29) is 12.2 Å². The maximum atomic E-state index is 5.32. The van der Waals surface area contributed by atoms with E-state index >= 15 is 0 Å². The molecule has 0 bridgehead atoms. The Morgan fingerprint density at radius 2 is 2.38 bits per heavy atom. The summed E-state index contributed by atoms with van der Waals surface area (Å²) < 4.78 is 5.27. The first-order valence-corrected chi connectivity index (χ1v) is 2.87. The van der Waals surface area contributed by atoms with Gasteiger partial charge >= 0.3 is 0 Å². The van der Waals surface area contributed by atoms with Crippen molar-refractivity contribution in [1.82, 2.24) is 0 Å². The van der Waals surface area contributed by atoms with Gasteiger partial charge in [0, 0.05) is 6.54 Å². The van der Waals surface area contributed by atoms with Gasteiger partial charge in [0.2, 0.25) is 0 Å². The average molecular weight is 113 g/mol. The van der Waals surface area contributed by atoms with Crippen molar-refractivity contribution in [2.45, 2.75) is 19.1 Å². The fourth-order valence-electron chi connectivity index (χ4n) is 0.781. The third kappa shape index (κ3) is 1.08. The Bertz CT molecular complexity index is 101. The van der Waals surface area contributed by atoms with E-state index in [9.17, 15) is 0 Å². The van der Waals surface area contributed by atoms with Gasteiger partial charge in [-0.3, -0.25) is 0 Å². The zero-order valence-corrected chi connectivity index (χ0v) is 5.00. The normalized spacial score (nSPS) is 36.2. The summed E-state index contributed by atoms with van der Waals surface area (Å²) in [6.45, 7) is 2.60. The molecule has 2 N–H and O–H groups in total. The molecule has 0 aliphatic carbocycles. The first-order chi connectivity index (χ1) is 3.83. The molecule has 0 aromatic rings. The molecule has 0 fully saturated rings. The summed E-state index contributed by atoms with van der Waals surface area (Å²) in [7, 11) is 0. The largest absolute Gasteiger partial charge is 0.366 e. The van der Waals surface area contributed by atoms with Crippen molar-refractivity contribution in [3.05, 3.63) is 12.2 Å². The molecule has 0 amide bonds. The predicted octanol–water partition coefficient (Wildman–Crippen LogP) is 0.289. The Labute approximate surface area is 49.3 Å². The molecule has 2 atom stereocenters. The zero-order valence-electron chi connectivity index (χ0n) is 5.00. The van der Waals surface area contributed by atoms with E-state index in [4.69, 9.17) is 10.5 Å². The predicted molar refractivity (Wildman–Crippen MR) is 32.5 cm³/mol. The highest BCUT2D eigenvalue weighted by molar-refractivity contribution is 5.00. The quantitative estimate of drug-likeness (QED) is 0.496. The van der Waals surface area contributed by atoms with Crippen LogP contribution in [0.3, 0.4) is 0 Å². The van der Waals surface area contributed by atoms with Crippen LogP contribution >= 0.6 is 0 Å². The highest BCUT2D eigenvalue weighted by atomic mass is 16.5. The monoisotopic (exact) mass is 113 g/mol. The minimum absolute atomic E-state index is 0.171. The Kier molecular flexibility index (Phi) is 1.65. The van der Waals surface area contributed by atoms with Gasteiger partial charge in [0.25, 0.3) is 0 Å². The fraction of sp³-hybridized carbons (Fsp3) is 0.667. The number of hydrogen-bond acceptors (Lipinski definition) is 2. The summed E-state index contributed by atoms with van der Waals surface area (Å²) >= 11 is 0. The molecule has 0 spiro atoms. The molecule has 0 saturated carbocycles. The third-order valence-electron chi connectivity index (χ3n) is 1.22. The lowest BCUT2D eigenvalue weighted by Gasteiger charge is -2.06. The van der Waals surface area contributed by atoms with Crippen molar-refractivity contribution in [2.24, 2.45) is 5.73 Å². The highest BCUT2D eigenvalue weighted by Crippen LogP contribution is 2.08. The van der Waals surface area contributed by atoms with Crippen LogP contribution in [0.2, 0.25) is 0 Å². The van der Waals surface area contributed by atoms with Crippen molar-refractivity contribution >= 4 is 0 Å². The second-order valence-corrected chi connectivity index (χ2v) is 2.00. The maximum Gasteiger partial charge on any atom is 0.0886 e. The number of rotatable bonds is 1. The minimum Gasteiger partial charge on any atom is -0.366 e. The lowest BCUT2D eigenvalue weighted by atomic mass is 10.3. The Morgan fingerprint density at radius 1 is 1.62 bits per heavy atom. The molecule has 0 aromatic heterocycles. The van der Waals surface area contributed by atoms with E-state index in [1.54, 1.807) is 0 Å². The van der Waals surface area contributed by atoms with Crippen LogP contribution in [0.5, 0.6) is 0 Å². The summed E-state index contributed by atoms with van der Waals surface area (Å²) in [4.78, 5) is 0. The molecule has 8 heavy (non-hydrogen) atoms. The van der Waals surface area contributed by atoms with Crippen molar-refractivity contribution in [2.75, 3.05) is 6.54 Å². The van der Waals surface area contributed by atoms with Gasteiger partial charge in [-0.1, -0.05) is 12.2 Å². The smallest absolute Gasteiger partial charge is 0.0886 e. The zero-order chi connectivity index (χ0) is 5.98. The SMILES string of the molecule is CC1C=CC(CN)O1. The van der Waals surface area contributed by atoms with Crippen LogP contribution in [0.25, 0.3) is 0 Å². The van der Waals surface area contributed by atoms with Crippen molar-refractivity contribution < 1.29 is 4.74 Å². The van der Waals surface area contributed by atoms with Gasteiger partial charge in [-0.2, -0.15) is 0 Å². The molecule has 0 aromatic carbocycles. The standard InChI is InChI=1S/C6H11NO/c1-5-2-3-6(4-7)8-5/h2-3,5-6H,4,7H2,1H3. The summed E-state index contributed by atoms with van der Waals surface area (Å²) in [5, 5.41) is 0. The molecule has 1 aliphatic heterocycles. The molecule has 0 saturated heterocycles. The van der Waals surface area contributed by atoms with Gasteiger partial charge in [-0.05, 0) is 6.92 Å². The van der Waals surface area contributed by atoms with Gasteiger partial charge < -0.3 is 10.5 Å². The molecule has 1 heterocycles. The molecule has 46 valence electrons. The van der Waals surface area contributed by atoms with E-state index in [2.05, 4.69) is 0 Å². The van der Waals surface area contributed by atoms with Crippen molar-refractivity contribution in [1.29, 1.82) is 0 Å². The summed E-state index contributed by atoms with van der Waals surface area (Å²) in [6.07, 6.45) is 4.47. The summed E-state index contributed by atoms with van der Waals surface area (Å²) in [6, 6.07) is 0. The number of nitrogens with two attached hydrogens (primary N) is 1. The molecule has 2 nitrogen and oxygen atoms in total. The second-order valence-electron chi connectivity index (χ2n) is 2.00. The molecule has 1 rings (SSSR count). The van der Waals surface area contributed by atoms with Crippen LogP contribution in [0.4, 0.5) is 0 Å².